The molecule has 4 rings (SSSR count). The molecule has 0 fully saturated rings. The molecule has 32 heavy (non-hydrogen) atoms. The Balaban J connectivity index is 1.81. The maximum atomic E-state index is 12.4. The summed E-state index contributed by atoms with van der Waals surface area (Å²) < 4.78 is 6.09. The number of carbonyl (C=O) groups is 1. The van der Waals surface area contributed by atoms with Gasteiger partial charge in [-0.2, -0.15) is 0 Å². The maximum Gasteiger partial charge on any atom is 0.229 e. The van der Waals surface area contributed by atoms with E-state index in [2.05, 4.69) is 5.32 Å². The van der Waals surface area contributed by atoms with Crippen molar-refractivity contribution in [2.75, 3.05) is 5.32 Å². The molecule has 0 saturated carbocycles. The summed E-state index contributed by atoms with van der Waals surface area (Å²) in [5, 5.41) is 13.4. The smallest absolute Gasteiger partial charge is 0.229 e. The van der Waals surface area contributed by atoms with Crippen LogP contribution in [0.25, 0.3) is 33.8 Å². The summed E-state index contributed by atoms with van der Waals surface area (Å²) in [5.41, 5.74) is 3.68. The molecule has 3 aromatic carbocycles. The first-order chi connectivity index (χ1) is 15.5. The molecule has 0 aliphatic rings. The van der Waals surface area contributed by atoms with Crippen LogP contribution in [-0.4, -0.2) is 16.0 Å². The lowest BCUT2D eigenvalue weighted by molar-refractivity contribution is -0.116. The van der Waals surface area contributed by atoms with Crippen molar-refractivity contribution >= 4 is 23.4 Å². The van der Waals surface area contributed by atoms with Crippen molar-refractivity contribution in [2.24, 2.45) is 0 Å². The van der Waals surface area contributed by atoms with E-state index >= 15 is 0 Å². The largest absolute Gasteiger partial charge is 0.508 e. The number of benzene rings is 3. The van der Waals surface area contributed by atoms with Gasteiger partial charge in [0.05, 0.1) is 0 Å². The zero-order valence-electron chi connectivity index (χ0n) is 17.6. The first-order valence-electron chi connectivity index (χ1n) is 10.5. The Morgan fingerprint density at radius 1 is 1.00 bits per heavy atom. The number of hydrogen-bond donors (Lipinski definition) is 2. The van der Waals surface area contributed by atoms with Crippen molar-refractivity contribution in [1.82, 2.24) is 4.98 Å². The predicted molar refractivity (Wildman–Crippen MR) is 128 cm³/mol. The van der Waals surface area contributed by atoms with Crippen LogP contribution < -0.4 is 5.32 Å². The van der Waals surface area contributed by atoms with Crippen LogP contribution >= 0.6 is 11.6 Å². The maximum absolute atomic E-state index is 12.4. The summed E-state index contributed by atoms with van der Waals surface area (Å²) in [6.07, 6.45) is 2.12. The van der Waals surface area contributed by atoms with Gasteiger partial charge in [-0.05, 0) is 47.9 Å². The molecule has 0 unspecified atom stereocenters. The molecule has 4 aromatic rings. The summed E-state index contributed by atoms with van der Waals surface area (Å²) in [6, 6.07) is 21.9. The van der Waals surface area contributed by atoms with Crippen LogP contribution in [0.4, 0.5) is 5.88 Å². The van der Waals surface area contributed by atoms with Crippen LogP contribution in [0.15, 0.2) is 77.2 Å². The van der Waals surface area contributed by atoms with E-state index in [1.807, 2.05) is 49.4 Å². The number of hydrogen-bond acceptors (Lipinski definition) is 4. The van der Waals surface area contributed by atoms with Crippen molar-refractivity contribution < 1.29 is 14.3 Å². The van der Waals surface area contributed by atoms with Crippen molar-refractivity contribution in [3.05, 3.63) is 77.8 Å². The minimum atomic E-state index is -0.126. The van der Waals surface area contributed by atoms with Gasteiger partial charge in [0.1, 0.15) is 11.4 Å². The minimum absolute atomic E-state index is 0.126. The zero-order chi connectivity index (χ0) is 22.5. The number of oxazole rings is 1. The summed E-state index contributed by atoms with van der Waals surface area (Å²) in [5.74, 6) is 0.700. The van der Waals surface area contributed by atoms with Crippen molar-refractivity contribution in [2.45, 2.75) is 26.2 Å². The number of phenolic OH excluding ortho intramolecular Hbond substituents is 1. The lowest BCUT2D eigenvalue weighted by atomic mass is 9.99. The van der Waals surface area contributed by atoms with Gasteiger partial charge in [0.15, 0.2) is 0 Å². The van der Waals surface area contributed by atoms with Crippen LogP contribution in [0.1, 0.15) is 26.2 Å². The van der Waals surface area contributed by atoms with Gasteiger partial charge in [-0.15, -0.1) is 0 Å². The molecule has 5 nitrogen and oxygen atoms in total. The second-order valence-corrected chi connectivity index (χ2v) is 7.89. The Hall–Kier alpha value is -3.57. The number of carbonyl (C=O) groups excluding carboxylic acids is 1. The highest BCUT2D eigenvalue weighted by Gasteiger charge is 2.20. The second-order valence-electron chi connectivity index (χ2n) is 7.45. The SMILES string of the molecule is CCCCC(=O)Nc1oc(-c2ccccc2-c2cccc(O)c2)nc1-c1cccc(Cl)c1. The third-order valence-corrected chi connectivity index (χ3v) is 5.29. The predicted octanol–water partition coefficient (Wildman–Crippen LogP) is 7.16. The number of phenols is 1. The number of unbranched alkanes of at least 4 members (excludes halogenated alkanes) is 1. The van der Waals surface area contributed by atoms with Gasteiger partial charge < -0.3 is 9.52 Å². The van der Waals surface area contributed by atoms with Crippen LogP contribution in [0.5, 0.6) is 5.75 Å². The van der Waals surface area contributed by atoms with Crippen molar-refractivity contribution in [3.63, 3.8) is 0 Å². The number of halogens is 1. The molecule has 1 aromatic heterocycles. The highest BCUT2D eigenvalue weighted by Crippen LogP contribution is 2.38. The number of anilines is 1. The molecule has 2 N–H and O–H groups in total. The average molecular weight is 447 g/mol. The molecule has 0 aliphatic carbocycles. The van der Waals surface area contributed by atoms with Crippen molar-refractivity contribution in [3.8, 4) is 39.6 Å². The molecular formula is C26H23ClN2O3. The van der Waals surface area contributed by atoms with E-state index in [-0.39, 0.29) is 17.5 Å². The first-order valence-corrected chi connectivity index (χ1v) is 10.9. The average Bonchev–Trinajstić information content (AvgIpc) is 3.21. The highest BCUT2D eigenvalue weighted by molar-refractivity contribution is 6.30. The van der Waals surface area contributed by atoms with Gasteiger partial charge in [0.25, 0.3) is 0 Å². The Morgan fingerprint density at radius 3 is 2.50 bits per heavy atom. The molecule has 0 spiro atoms. The minimum Gasteiger partial charge on any atom is -0.508 e. The molecule has 0 atom stereocenters. The number of nitrogens with zero attached hydrogens (tertiary/aromatic N) is 1. The summed E-state index contributed by atoms with van der Waals surface area (Å²) in [6.45, 7) is 2.04. The Morgan fingerprint density at radius 2 is 1.75 bits per heavy atom. The zero-order valence-corrected chi connectivity index (χ0v) is 18.4. The number of aromatic nitrogens is 1. The summed E-state index contributed by atoms with van der Waals surface area (Å²) >= 11 is 6.20. The quantitative estimate of drug-likeness (QED) is 0.315. The second kappa shape index (κ2) is 9.71. The topological polar surface area (TPSA) is 75.4 Å². The van der Waals surface area contributed by atoms with Gasteiger partial charge in [-0.25, -0.2) is 4.98 Å². The van der Waals surface area contributed by atoms with Gasteiger partial charge in [-0.3, -0.25) is 10.1 Å². The number of nitrogens with one attached hydrogen (secondary N) is 1. The van der Waals surface area contributed by atoms with E-state index in [1.54, 1.807) is 30.3 Å². The molecule has 0 bridgehead atoms. The van der Waals surface area contributed by atoms with Crippen LogP contribution in [-0.2, 0) is 4.79 Å². The molecule has 0 saturated heterocycles. The fourth-order valence-electron chi connectivity index (χ4n) is 3.47. The normalized spacial score (nSPS) is 10.8. The van der Waals surface area contributed by atoms with Crippen LogP contribution in [0.3, 0.4) is 0 Å². The van der Waals surface area contributed by atoms with E-state index in [0.717, 1.165) is 35.1 Å². The van der Waals surface area contributed by atoms with Gasteiger partial charge in [-0.1, -0.05) is 67.4 Å². The first kappa shape index (κ1) is 21.7. The van der Waals surface area contributed by atoms with E-state index < -0.39 is 0 Å². The Kier molecular flexibility index (Phi) is 6.57. The van der Waals surface area contributed by atoms with E-state index in [9.17, 15) is 9.90 Å². The van der Waals surface area contributed by atoms with Crippen molar-refractivity contribution in [1.29, 1.82) is 0 Å². The molecule has 162 valence electrons. The Bertz CT molecular complexity index is 1250. The highest BCUT2D eigenvalue weighted by atomic mass is 35.5. The van der Waals surface area contributed by atoms with E-state index in [4.69, 9.17) is 21.0 Å². The fraction of sp³-hybridized carbons (Fsp3) is 0.154. The molecule has 0 radical (unpaired) electrons. The molecule has 1 heterocycles. The Labute approximate surface area is 191 Å². The lowest BCUT2D eigenvalue weighted by Crippen LogP contribution is -2.11. The third kappa shape index (κ3) is 4.84. The molecule has 1 amide bonds. The van der Waals surface area contributed by atoms with Gasteiger partial charge in [0.2, 0.25) is 17.7 Å². The van der Waals surface area contributed by atoms with E-state index in [1.165, 1.54) is 0 Å². The molecule has 0 aliphatic heterocycles. The monoisotopic (exact) mass is 446 g/mol. The lowest BCUT2D eigenvalue weighted by Gasteiger charge is -2.07. The number of amides is 1. The standard InChI is InChI=1S/C26H23ClN2O3/c1-2-3-14-23(31)28-26-24(18-9-6-10-19(27)15-18)29-25(32-26)22-13-5-4-12-21(22)17-8-7-11-20(30)16-17/h4-13,15-16,30H,2-3,14H2,1H3,(H,28,31). The fourth-order valence-corrected chi connectivity index (χ4v) is 3.66. The summed E-state index contributed by atoms with van der Waals surface area (Å²) in [4.78, 5) is 17.2. The molecule has 6 heteroatoms. The summed E-state index contributed by atoms with van der Waals surface area (Å²) in [7, 11) is 0. The van der Waals surface area contributed by atoms with Gasteiger partial charge in [0, 0.05) is 22.6 Å². The van der Waals surface area contributed by atoms with Gasteiger partial charge >= 0.3 is 0 Å². The number of aromatic hydroxyl groups is 1. The van der Waals surface area contributed by atoms with E-state index in [0.29, 0.717) is 23.0 Å². The third-order valence-electron chi connectivity index (χ3n) is 5.05. The molecular weight excluding hydrogens is 424 g/mol. The van der Waals surface area contributed by atoms with Crippen LogP contribution in [0, 0.1) is 0 Å². The number of rotatable bonds is 7. The van der Waals surface area contributed by atoms with Crippen LogP contribution in [0.2, 0.25) is 5.02 Å².